The van der Waals surface area contributed by atoms with Gasteiger partial charge < -0.3 is 19.5 Å². The summed E-state index contributed by atoms with van der Waals surface area (Å²) in [5.74, 6) is 1.38. The van der Waals surface area contributed by atoms with Crippen molar-refractivity contribution in [2.24, 2.45) is 7.05 Å². The van der Waals surface area contributed by atoms with Gasteiger partial charge in [-0.3, -0.25) is 4.90 Å². The van der Waals surface area contributed by atoms with E-state index in [0.717, 1.165) is 55.5 Å². The minimum absolute atomic E-state index is 0.655. The number of aliphatic hydroxyl groups is 1. The zero-order chi connectivity index (χ0) is 21.1. The molecule has 3 aromatic rings. The van der Waals surface area contributed by atoms with Gasteiger partial charge in [0, 0.05) is 95.5 Å². The Balaban J connectivity index is 1.41. The predicted molar refractivity (Wildman–Crippen MR) is 118 cm³/mol. The topological polar surface area (TPSA) is 73.6 Å². The van der Waals surface area contributed by atoms with E-state index < -0.39 is 6.10 Å². The van der Waals surface area contributed by atoms with E-state index in [1.54, 1.807) is 6.20 Å². The molecule has 8 nitrogen and oxygen atoms in total. The van der Waals surface area contributed by atoms with Crippen molar-refractivity contribution >= 4 is 11.6 Å². The molecule has 0 aliphatic carbocycles. The van der Waals surface area contributed by atoms with Gasteiger partial charge in [0.15, 0.2) is 0 Å². The summed E-state index contributed by atoms with van der Waals surface area (Å²) in [5.41, 5.74) is 3.10. The van der Waals surface area contributed by atoms with Gasteiger partial charge in [0.25, 0.3) is 0 Å². The highest BCUT2D eigenvalue weighted by Gasteiger charge is 2.24. The molecule has 1 saturated heterocycles. The first-order chi connectivity index (χ1) is 14.5. The highest BCUT2D eigenvalue weighted by molar-refractivity contribution is 5.56. The Labute approximate surface area is 177 Å². The average Bonchev–Trinajstić information content (AvgIpc) is 3.20. The standard InChI is InChI=1S/C22H29N7O/c1-26(2)22-24-14-17(15-25-22)16-28-10-12-29(13-11-28)19-7-5-4-6-18(19)20(30)21-23-8-9-27(21)3/h4-9,14-15,20,30H,10-13,16H2,1-3H3/t20-/m0/s1. The number of rotatable bonds is 6. The highest BCUT2D eigenvalue weighted by Crippen LogP contribution is 2.30. The molecule has 1 aliphatic rings. The summed E-state index contributed by atoms with van der Waals surface area (Å²) in [6.07, 6.45) is 6.65. The molecular formula is C22H29N7O. The molecule has 0 bridgehead atoms. The van der Waals surface area contributed by atoms with Gasteiger partial charge in [0.2, 0.25) is 5.95 Å². The molecule has 0 radical (unpaired) electrons. The van der Waals surface area contributed by atoms with Gasteiger partial charge in [0.05, 0.1) is 0 Å². The van der Waals surface area contributed by atoms with Gasteiger partial charge >= 0.3 is 0 Å². The van der Waals surface area contributed by atoms with E-state index in [2.05, 4.69) is 30.8 Å². The average molecular weight is 408 g/mol. The molecule has 0 saturated carbocycles. The molecule has 158 valence electrons. The zero-order valence-electron chi connectivity index (χ0n) is 17.8. The fourth-order valence-corrected chi connectivity index (χ4v) is 3.85. The number of para-hydroxylation sites is 1. The second-order valence-electron chi connectivity index (χ2n) is 7.91. The van der Waals surface area contributed by atoms with Gasteiger partial charge in [-0.2, -0.15) is 0 Å². The SMILES string of the molecule is CN(C)c1ncc(CN2CCN(c3ccccc3[C@H](O)c3nccn3C)CC2)cn1. The summed E-state index contributed by atoms with van der Waals surface area (Å²) in [4.78, 5) is 19.8. The number of benzene rings is 1. The lowest BCUT2D eigenvalue weighted by Gasteiger charge is -2.37. The largest absolute Gasteiger partial charge is 0.380 e. The maximum absolute atomic E-state index is 10.9. The van der Waals surface area contributed by atoms with Gasteiger partial charge in [-0.15, -0.1) is 0 Å². The molecule has 8 heteroatoms. The summed E-state index contributed by atoms with van der Waals surface area (Å²) < 4.78 is 1.86. The minimum atomic E-state index is -0.744. The molecule has 4 rings (SSSR count). The zero-order valence-corrected chi connectivity index (χ0v) is 17.8. The monoisotopic (exact) mass is 407 g/mol. The van der Waals surface area contributed by atoms with Gasteiger partial charge in [-0.25, -0.2) is 15.0 Å². The van der Waals surface area contributed by atoms with E-state index in [0.29, 0.717) is 5.82 Å². The molecule has 1 aliphatic heterocycles. The van der Waals surface area contributed by atoms with Crippen molar-refractivity contribution < 1.29 is 5.11 Å². The molecule has 1 N–H and O–H groups in total. The normalized spacial score (nSPS) is 15.9. The van der Waals surface area contributed by atoms with Crippen molar-refractivity contribution in [3.05, 3.63) is 66.0 Å². The van der Waals surface area contributed by atoms with Gasteiger partial charge in [-0.05, 0) is 6.07 Å². The second kappa shape index (κ2) is 8.81. The number of hydrogen-bond acceptors (Lipinski definition) is 7. The summed E-state index contributed by atoms with van der Waals surface area (Å²) >= 11 is 0. The Kier molecular flexibility index (Phi) is 5.96. The molecule has 0 spiro atoms. The number of anilines is 2. The lowest BCUT2D eigenvalue weighted by molar-refractivity contribution is 0.205. The van der Waals surface area contributed by atoms with Crippen LogP contribution >= 0.6 is 0 Å². The quantitative estimate of drug-likeness (QED) is 0.666. The number of hydrogen-bond donors (Lipinski definition) is 1. The van der Waals surface area contributed by atoms with Crippen LogP contribution in [-0.4, -0.2) is 69.8 Å². The van der Waals surface area contributed by atoms with Crippen molar-refractivity contribution in [3.8, 4) is 0 Å². The molecular weight excluding hydrogens is 378 g/mol. The van der Waals surface area contributed by atoms with Crippen molar-refractivity contribution in [1.82, 2.24) is 24.4 Å². The molecule has 1 aromatic carbocycles. The number of aliphatic hydroxyl groups excluding tert-OH is 1. The van der Waals surface area contributed by atoms with Crippen LogP contribution in [0.25, 0.3) is 0 Å². The van der Waals surface area contributed by atoms with Crippen molar-refractivity contribution in [2.75, 3.05) is 50.1 Å². The number of aryl methyl sites for hydroxylation is 1. The summed E-state index contributed by atoms with van der Waals surface area (Å²) in [6.45, 7) is 4.55. The van der Waals surface area contributed by atoms with Crippen LogP contribution in [0, 0.1) is 0 Å². The maximum atomic E-state index is 10.9. The molecule has 0 unspecified atom stereocenters. The number of aromatic nitrogens is 4. The summed E-state index contributed by atoms with van der Waals surface area (Å²) in [5, 5.41) is 10.9. The first-order valence-corrected chi connectivity index (χ1v) is 10.2. The van der Waals surface area contributed by atoms with Crippen LogP contribution in [-0.2, 0) is 13.6 Å². The Bertz CT molecular complexity index is 962. The minimum Gasteiger partial charge on any atom is -0.380 e. The Morgan fingerprint density at radius 1 is 1.03 bits per heavy atom. The van der Waals surface area contributed by atoms with Crippen LogP contribution in [0.1, 0.15) is 23.1 Å². The first kappa shape index (κ1) is 20.3. The molecule has 1 fully saturated rings. The van der Waals surface area contributed by atoms with Gasteiger partial charge in [-0.1, -0.05) is 18.2 Å². The Morgan fingerprint density at radius 3 is 2.37 bits per heavy atom. The van der Waals surface area contributed by atoms with E-state index in [9.17, 15) is 5.11 Å². The molecule has 0 amide bonds. The van der Waals surface area contributed by atoms with Crippen LogP contribution in [0.2, 0.25) is 0 Å². The Morgan fingerprint density at radius 2 is 1.73 bits per heavy atom. The van der Waals surface area contributed by atoms with E-state index in [1.165, 1.54) is 0 Å². The molecule has 2 aromatic heterocycles. The van der Waals surface area contributed by atoms with Crippen molar-refractivity contribution in [2.45, 2.75) is 12.6 Å². The Hall–Kier alpha value is -2.97. The maximum Gasteiger partial charge on any atom is 0.224 e. The number of imidazole rings is 1. The van der Waals surface area contributed by atoms with Crippen LogP contribution in [0.5, 0.6) is 0 Å². The van der Waals surface area contributed by atoms with Crippen LogP contribution in [0.3, 0.4) is 0 Å². The lowest BCUT2D eigenvalue weighted by Crippen LogP contribution is -2.46. The van der Waals surface area contributed by atoms with Crippen LogP contribution in [0.15, 0.2) is 49.1 Å². The van der Waals surface area contributed by atoms with E-state index in [-0.39, 0.29) is 0 Å². The van der Waals surface area contributed by atoms with Crippen molar-refractivity contribution in [3.63, 3.8) is 0 Å². The number of piperazine rings is 1. The van der Waals surface area contributed by atoms with E-state index >= 15 is 0 Å². The molecule has 30 heavy (non-hydrogen) atoms. The van der Waals surface area contributed by atoms with Crippen molar-refractivity contribution in [1.29, 1.82) is 0 Å². The van der Waals surface area contributed by atoms with E-state index in [1.807, 2.05) is 67.4 Å². The first-order valence-electron chi connectivity index (χ1n) is 10.2. The van der Waals surface area contributed by atoms with Gasteiger partial charge in [0.1, 0.15) is 11.9 Å². The fraction of sp³-hybridized carbons (Fsp3) is 0.409. The third kappa shape index (κ3) is 4.29. The second-order valence-corrected chi connectivity index (χ2v) is 7.91. The van der Waals surface area contributed by atoms with E-state index in [4.69, 9.17) is 0 Å². The summed E-state index contributed by atoms with van der Waals surface area (Å²) in [7, 11) is 5.79. The third-order valence-corrected chi connectivity index (χ3v) is 5.55. The highest BCUT2D eigenvalue weighted by atomic mass is 16.3. The fourth-order valence-electron chi connectivity index (χ4n) is 3.85. The molecule has 3 heterocycles. The lowest BCUT2D eigenvalue weighted by atomic mass is 10.0. The van der Waals surface area contributed by atoms with Crippen LogP contribution < -0.4 is 9.80 Å². The molecule has 1 atom stereocenters. The predicted octanol–water partition coefficient (Wildman–Crippen LogP) is 1.68. The summed E-state index contributed by atoms with van der Waals surface area (Å²) in [6, 6.07) is 8.08. The van der Waals surface area contributed by atoms with Crippen LogP contribution in [0.4, 0.5) is 11.6 Å². The smallest absolute Gasteiger partial charge is 0.224 e. The number of nitrogens with zero attached hydrogens (tertiary/aromatic N) is 7. The third-order valence-electron chi connectivity index (χ3n) is 5.55.